The highest BCUT2D eigenvalue weighted by Gasteiger charge is 2.56. The second kappa shape index (κ2) is 5.49. The van der Waals surface area contributed by atoms with Crippen LogP contribution in [-0.2, 0) is 19.1 Å². The molecule has 92 valence electrons. The normalized spacial score (nSPS) is 29.4. The third-order valence-electron chi connectivity index (χ3n) is 2.50. The fraction of sp³-hybridized carbons (Fsp3) is 0.800. The molecule has 6 heteroatoms. The molecule has 0 radical (unpaired) electrons. The van der Waals surface area contributed by atoms with Crippen molar-refractivity contribution < 1.29 is 19.1 Å². The lowest BCUT2D eigenvalue weighted by Gasteiger charge is -2.18. The van der Waals surface area contributed by atoms with Crippen molar-refractivity contribution in [2.45, 2.75) is 30.7 Å². The van der Waals surface area contributed by atoms with Gasteiger partial charge in [0.25, 0.3) is 0 Å². The SMILES string of the molecule is CC(=O)OC[C@@H](OC(C)=O)[C@H]1CC1(Br)CBr. The maximum absolute atomic E-state index is 10.9. The monoisotopic (exact) mass is 356 g/mol. The molecule has 0 aromatic carbocycles. The molecule has 0 aromatic heterocycles. The van der Waals surface area contributed by atoms with E-state index in [9.17, 15) is 9.59 Å². The number of esters is 2. The Hall–Kier alpha value is -0.100. The van der Waals surface area contributed by atoms with Gasteiger partial charge in [-0.15, -0.1) is 0 Å². The minimum atomic E-state index is -0.364. The van der Waals surface area contributed by atoms with Crippen molar-refractivity contribution in [3.63, 3.8) is 0 Å². The largest absolute Gasteiger partial charge is 0.462 e. The number of halogens is 2. The molecule has 1 saturated carbocycles. The van der Waals surface area contributed by atoms with Gasteiger partial charge in [0.1, 0.15) is 12.7 Å². The first-order valence-electron chi connectivity index (χ1n) is 4.94. The van der Waals surface area contributed by atoms with Crippen LogP contribution in [0, 0.1) is 5.92 Å². The van der Waals surface area contributed by atoms with Gasteiger partial charge in [0.05, 0.1) is 0 Å². The Morgan fingerprint density at radius 3 is 2.44 bits per heavy atom. The van der Waals surface area contributed by atoms with Crippen LogP contribution in [0.15, 0.2) is 0 Å². The second-order valence-corrected chi connectivity index (χ2v) is 6.07. The van der Waals surface area contributed by atoms with E-state index < -0.39 is 0 Å². The van der Waals surface area contributed by atoms with Gasteiger partial charge in [-0.2, -0.15) is 0 Å². The fourth-order valence-electron chi connectivity index (χ4n) is 1.57. The van der Waals surface area contributed by atoms with Crippen molar-refractivity contribution in [3.05, 3.63) is 0 Å². The summed E-state index contributed by atoms with van der Waals surface area (Å²) in [5.41, 5.74) is 0. The number of ether oxygens (including phenoxy) is 2. The summed E-state index contributed by atoms with van der Waals surface area (Å²) in [6, 6.07) is 0. The van der Waals surface area contributed by atoms with E-state index in [2.05, 4.69) is 31.9 Å². The molecule has 3 atom stereocenters. The number of rotatable bonds is 5. The highest BCUT2D eigenvalue weighted by molar-refractivity contribution is 9.12. The highest BCUT2D eigenvalue weighted by atomic mass is 79.9. The minimum absolute atomic E-state index is 0.0345. The Labute approximate surface area is 111 Å². The van der Waals surface area contributed by atoms with Crippen LogP contribution < -0.4 is 0 Å². The smallest absolute Gasteiger partial charge is 0.303 e. The summed E-state index contributed by atoms with van der Waals surface area (Å²) in [5.74, 6) is -0.527. The zero-order chi connectivity index (χ0) is 12.3. The van der Waals surface area contributed by atoms with Crippen LogP contribution in [0.4, 0.5) is 0 Å². The first kappa shape index (κ1) is 14.0. The average Bonchev–Trinajstić information content (AvgIpc) is 2.85. The summed E-state index contributed by atoms with van der Waals surface area (Å²) in [5, 5.41) is 0.780. The van der Waals surface area contributed by atoms with Crippen LogP contribution in [0.2, 0.25) is 0 Å². The van der Waals surface area contributed by atoms with Gasteiger partial charge in [-0.25, -0.2) is 0 Å². The van der Waals surface area contributed by atoms with E-state index in [1.807, 2.05) is 0 Å². The molecule has 1 aliphatic rings. The van der Waals surface area contributed by atoms with Gasteiger partial charge < -0.3 is 9.47 Å². The average molecular weight is 358 g/mol. The van der Waals surface area contributed by atoms with E-state index in [0.29, 0.717) is 0 Å². The third kappa shape index (κ3) is 3.73. The van der Waals surface area contributed by atoms with Gasteiger partial charge >= 0.3 is 11.9 Å². The van der Waals surface area contributed by atoms with Crippen LogP contribution in [0.3, 0.4) is 0 Å². The molecule has 1 aliphatic carbocycles. The summed E-state index contributed by atoms with van der Waals surface area (Å²) >= 11 is 6.97. The summed E-state index contributed by atoms with van der Waals surface area (Å²) in [7, 11) is 0. The Balaban J connectivity index is 2.52. The van der Waals surface area contributed by atoms with E-state index in [0.717, 1.165) is 11.8 Å². The maximum Gasteiger partial charge on any atom is 0.303 e. The molecule has 4 nitrogen and oxygen atoms in total. The van der Waals surface area contributed by atoms with Crippen molar-refractivity contribution >= 4 is 43.8 Å². The van der Waals surface area contributed by atoms with E-state index in [1.54, 1.807) is 0 Å². The summed E-state index contributed by atoms with van der Waals surface area (Å²) in [4.78, 5) is 21.7. The first-order chi connectivity index (χ1) is 7.39. The highest BCUT2D eigenvalue weighted by Crippen LogP contribution is 2.54. The van der Waals surface area contributed by atoms with Crippen LogP contribution in [0.5, 0.6) is 0 Å². The van der Waals surface area contributed by atoms with E-state index in [4.69, 9.17) is 9.47 Å². The molecule has 16 heavy (non-hydrogen) atoms. The zero-order valence-corrected chi connectivity index (χ0v) is 12.3. The van der Waals surface area contributed by atoms with Crippen molar-refractivity contribution in [2.24, 2.45) is 5.92 Å². The molecule has 1 unspecified atom stereocenters. The van der Waals surface area contributed by atoms with Gasteiger partial charge in [-0.1, -0.05) is 31.9 Å². The third-order valence-corrected chi connectivity index (χ3v) is 5.45. The summed E-state index contributed by atoms with van der Waals surface area (Å²) in [6.45, 7) is 2.82. The molecule has 0 amide bonds. The maximum atomic E-state index is 10.9. The topological polar surface area (TPSA) is 52.6 Å². The summed E-state index contributed by atoms with van der Waals surface area (Å²) < 4.78 is 10.0. The first-order valence-corrected chi connectivity index (χ1v) is 6.86. The Morgan fingerprint density at radius 2 is 2.06 bits per heavy atom. The Kier molecular flexibility index (Phi) is 4.79. The van der Waals surface area contributed by atoms with Crippen molar-refractivity contribution in [2.75, 3.05) is 11.9 Å². The van der Waals surface area contributed by atoms with Gasteiger partial charge in [0.15, 0.2) is 0 Å². The van der Waals surface area contributed by atoms with Crippen LogP contribution in [0.1, 0.15) is 20.3 Å². The number of carbonyl (C=O) groups excluding carboxylic acids is 2. The molecule has 0 bridgehead atoms. The molecule has 0 N–H and O–H groups in total. The lowest BCUT2D eigenvalue weighted by Crippen LogP contribution is -2.29. The standard InChI is InChI=1S/C10H14Br2O4/c1-6(13)15-4-9(16-7(2)14)8-3-10(8,12)5-11/h8-9H,3-5H2,1-2H3/t8-,9-,10?/m1/s1. The van der Waals surface area contributed by atoms with Gasteiger partial charge in [-0.05, 0) is 6.42 Å². The van der Waals surface area contributed by atoms with Gasteiger partial charge in [0, 0.05) is 29.4 Å². The van der Waals surface area contributed by atoms with Crippen molar-refractivity contribution in [3.8, 4) is 0 Å². The number of alkyl halides is 2. The van der Waals surface area contributed by atoms with Crippen molar-refractivity contribution in [1.29, 1.82) is 0 Å². The quantitative estimate of drug-likeness (QED) is 0.558. The number of hydrogen-bond donors (Lipinski definition) is 0. The molecule has 0 aromatic rings. The van der Waals surface area contributed by atoms with E-state index >= 15 is 0 Å². The lowest BCUT2D eigenvalue weighted by atomic mass is 10.2. The van der Waals surface area contributed by atoms with Gasteiger partial charge in [-0.3, -0.25) is 9.59 Å². The number of hydrogen-bond acceptors (Lipinski definition) is 4. The molecule has 0 aliphatic heterocycles. The predicted molar refractivity (Wildman–Crippen MR) is 65.7 cm³/mol. The molecular formula is C10H14Br2O4. The fourth-order valence-corrected chi connectivity index (χ4v) is 2.86. The predicted octanol–water partition coefficient (Wildman–Crippen LogP) is 2.03. The summed E-state index contributed by atoms with van der Waals surface area (Å²) in [6.07, 6.45) is 0.538. The molecule has 1 fully saturated rings. The van der Waals surface area contributed by atoms with Gasteiger partial charge in [0.2, 0.25) is 0 Å². The Morgan fingerprint density at radius 1 is 1.44 bits per heavy atom. The van der Waals surface area contributed by atoms with E-state index in [1.165, 1.54) is 13.8 Å². The zero-order valence-electron chi connectivity index (χ0n) is 9.16. The Bertz CT molecular complexity index is 295. The second-order valence-electron chi connectivity index (χ2n) is 3.93. The minimum Gasteiger partial charge on any atom is -0.462 e. The molecule has 0 spiro atoms. The van der Waals surface area contributed by atoms with Crippen molar-refractivity contribution in [1.82, 2.24) is 0 Å². The molecular weight excluding hydrogens is 344 g/mol. The molecule has 0 heterocycles. The van der Waals surface area contributed by atoms with Crippen LogP contribution in [0.25, 0.3) is 0 Å². The van der Waals surface area contributed by atoms with Crippen LogP contribution in [-0.4, -0.2) is 34.3 Å². The molecule has 0 saturated heterocycles. The number of carbonyl (C=O) groups is 2. The van der Waals surface area contributed by atoms with Crippen LogP contribution >= 0.6 is 31.9 Å². The molecule has 1 rings (SSSR count). The van der Waals surface area contributed by atoms with E-state index in [-0.39, 0.29) is 34.9 Å². The lowest BCUT2D eigenvalue weighted by molar-refractivity contribution is -0.157.